The van der Waals surface area contributed by atoms with Crippen LogP contribution in [0.1, 0.15) is 16.7 Å². The maximum absolute atomic E-state index is 12.1. The molecule has 0 aliphatic heterocycles. The van der Waals surface area contributed by atoms with Gasteiger partial charge in [-0.2, -0.15) is 0 Å². The van der Waals surface area contributed by atoms with Gasteiger partial charge in [-0.05, 0) is 22.8 Å². The Morgan fingerprint density at radius 1 is 0.778 bits per heavy atom. The quantitative estimate of drug-likeness (QED) is 0.691. The number of hydrogen-bond acceptors (Lipinski definition) is 1. The van der Waals surface area contributed by atoms with Crippen molar-refractivity contribution in [3.63, 3.8) is 0 Å². The van der Waals surface area contributed by atoms with Gasteiger partial charge in [0.2, 0.25) is 0 Å². The number of allylic oxidation sites excluding steroid dienone is 1. The summed E-state index contributed by atoms with van der Waals surface area (Å²) in [5.74, 6) is 0.248. The molecule has 0 heterocycles. The van der Waals surface area contributed by atoms with Crippen LogP contribution in [0.3, 0.4) is 0 Å². The molecule has 0 unspecified atom stereocenters. The molecule has 0 saturated carbocycles. The molecule has 0 aromatic heterocycles. The van der Waals surface area contributed by atoms with Crippen LogP contribution in [0.2, 0.25) is 0 Å². The SMILES string of the molecule is O=C1Cc2ccccc2C/C1=C/c1ccccc1. The van der Waals surface area contributed by atoms with E-state index < -0.39 is 0 Å². The second-order valence-corrected chi connectivity index (χ2v) is 4.63. The van der Waals surface area contributed by atoms with Gasteiger partial charge in [0, 0.05) is 18.4 Å². The molecule has 2 aromatic carbocycles. The Hall–Kier alpha value is -2.15. The molecule has 0 radical (unpaired) electrons. The van der Waals surface area contributed by atoms with E-state index in [-0.39, 0.29) is 5.78 Å². The van der Waals surface area contributed by atoms with Crippen LogP contribution in [0.25, 0.3) is 6.08 Å². The molecule has 3 rings (SSSR count). The third kappa shape index (κ3) is 2.12. The van der Waals surface area contributed by atoms with Gasteiger partial charge in [-0.15, -0.1) is 0 Å². The van der Waals surface area contributed by atoms with E-state index in [0.717, 1.165) is 17.6 Å². The van der Waals surface area contributed by atoms with Crippen LogP contribution in [0.5, 0.6) is 0 Å². The first-order valence-electron chi connectivity index (χ1n) is 6.18. The van der Waals surface area contributed by atoms with Crippen molar-refractivity contribution >= 4 is 11.9 Å². The lowest BCUT2D eigenvalue weighted by Gasteiger charge is -2.17. The number of Topliss-reactive ketones (excluding diaryl/α,β-unsaturated/α-hetero) is 1. The summed E-state index contributed by atoms with van der Waals surface area (Å²) in [6, 6.07) is 18.2. The highest BCUT2D eigenvalue weighted by atomic mass is 16.1. The Kier molecular flexibility index (Phi) is 2.81. The topological polar surface area (TPSA) is 17.1 Å². The molecule has 88 valence electrons. The molecule has 18 heavy (non-hydrogen) atoms. The van der Waals surface area contributed by atoms with E-state index in [1.165, 1.54) is 11.1 Å². The van der Waals surface area contributed by atoms with E-state index in [9.17, 15) is 4.79 Å². The minimum atomic E-state index is 0.248. The third-order valence-corrected chi connectivity index (χ3v) is 3.35. The summed E-state index contributed by atoms with van der Waals surface area (Å²) in [6.45, 7) is 0. The Bertz CT molecular complexity index is 609. The van der Waals surface area contributed by atoms with Gasteiger partial charge in [0.15, 0.2) is 5.78 Å². The number of carbonyl (C=O) groups is 1. The van der Waals surface area contributed by atoms with Crippen molar-refractivity contribution in [1.29, 1.82) is 0 Å². The summed E-state index contributed by atoms with van der Waals surface area (Å²) < 4.78 is 0. The monoisotopic (exact) mass is 234 g/mol. The highest BCUT2D eigenvalue weighted by molar-refractivity contribution is 6.02. The van der Waals surface area contributed by atoms with E-state index >= 15 is 0 Å². The zero-order valence-electron chi connectivity index (χ0n) is 10.1. The summed E-state index contributed by atoms with van der Waals surface area (Å²) in [6.07, 6.45) is 3.30. The Morgan fingerprint density at radius 3 is 2.11 bits per heavy atom. The van der Waals surface area contributed by atoms with Crippen LogP contribution in [0.15, 0.2) is 60.2 Å². The predicted octanol–water partition coefficient (Wildman–Crippen LogP) is 3.44. The van der Waals surface area contributed by atoms with E-state index in [4.69, 9.17) is 0 Å². The van der Waals surface area contributed by atoms with Crippen LogP contribution < -0.4 is 0 Å². The van der Waals surface area contributed by atoms with Gasteiger partial charge in [-0.25, -0.2) is 0 Å². The molecule has 0 bridgehead atoms. The molecule has 0 spiro atoms. The lowest BCUT2D eigenvalue weighted by Crippen LogP contribution is -2.16. The Labute approximate surface area is 107 Å². The number of hydrogen-bond donors (Lipinski definition) is 0. The van der Waals surface area contributed by atoms with Crippen molar-refractivity contribution in [3.8, 4) is 0 Å². The van der Waals surface area contributed by atoms with Gasteiger partial charge in [0.05, 0.1) is 0 Å². The molecule has 0 amide bonds. The van der Waals surface area contributed by atoms with Gasteiger partial charge in [0.1, 0.15) is 0 Å². The predicted molar refractivity (Wildman–Crippen MR) is 73.3 cm³/mol. The second-order valence-electron chi connectivity index (χ2n) is 4.63. The first-order chi connectivity index (χ1) is 8.83. The van der Waals surface area contributed by atoms with Gasteiger partial charge in [-0.1, -0.05) is 54.6 Å². The fourth-order valence-electron chi connectivity index (χ4n) is 2.37. The number of ketones is 1. The molecule has 0 atom stereocenters. The first kappa shape index (κ1) is 11.0. The van der Waals surface area contributed by atoms with Crippen molar-refractivity contribution in [2.45, 2.75) is 12.8 Å². The van der Waals surface area contributed by atoms with Crippen LogP contribution in [-0.4, -0.2) is 5.78 Å². The lowest BCUT2D eigenvalue weighted by atomic mass is 9.86. The summed E-state index contributed by atoms with van der Waals surface area (Å²) >= 11 is 0. The molecular weight excluding hydrogens is 220 g/mol. The molecule has 0 saturated heterocycles. The molecule has 1 aliphatic rings. The van der Waals surface area contributed by atoms with Crippen molar-refractivity contribution in [2.75, 3.05) is 0 Å². The molecular formula is C17H14O. The van der Waals surface area contributed by atoms with Crippen LogP contribution in [-0.2, 0) is 17.6 Å². The standard InChI is InChI=1S/C17H14O/c18-17-12-15-9-5-4-8-14(15)11-16(17)10-13-6-2-1-3-7-13/h1-10H,11-12H2/b16-10-. The third-order valence-electron chi connectivity index (χ3n) is 3.35. The minimum absolute atomic E-state index is 0.248. The highest BCUT2D eigenvalue weighted by Gasteiger charge is 2.19. The van der Waals surface area contributed by atoms with E-state index in [1.54, 1.807) is 0 Å². The second kappa shape index (κ2) is 4.61. The number of rotatable bonds is 1. The fraction of sp³-hybridized carbons (Fsp3) is 0.118. The van der Waals surface area contributed by atoms with Crippen molar-refractivity contribution in [2.24, 2.45) is 0 Å². The van der Waals surface area contributed by atoms with Crippen molar-refractivity contribution < 1.29 is 4.79 Å². The summed E-state index contributed by atoms with van der Waals surface area (Å²) in [5, 5.41) is 0. The number of benzene rings is 2. The van der Waals surface area contributed by atoms with Crippen LogP contribution in [0, 0.1) is 0 Å². The van der Waals surface area contributed by atoms with Gasteiger partial charge < -0.3 is 0 Å². The Balaban J connectivity index is 1.96. The zero-order chi connectivity index (χ0) is 12.4. The fourth-order valence-corrected chi connectivity index (χ4v) is 2.37. The summed E-state index contributed by atoms with van der Waals surface area (Å²) in [7, 11) is 0. The summed E-state index contributed by atoms with van der Waals surface area (Å²) in [5.41, 5.74) is 4.46. The van der Waals surface area contributed by atoms with Crippen LogP contribution >= 0.6 is 0 Å². The maximum atomic E-state index is 12.1. The molecule has 1 nitrogen and oxygen atoms in total. The average Bonchev–Trinajstić information content (AvgIpc) is 2.41. The number of fused-ring (bicyclic) bond motifs is 1. The first-order valence-corrected chi connectivity index (χ1v) is 6.18. The lowest BCUT2D eigenvalue weighted by molar-refractivity contribution is -0.115. The molecule has 0 fully saturated rings. The van der Waals surface area contributed by atoms with E-state index in [1.807, 2.05) is 54.6 Å². The average molecular weight is 234 g/mol. The molecule has 2 aromatic rings. The molecule has 0 N–H and O–H groups in total. The van der Waals surface area contributed by atoms with Crippen molar-refractivity contribution in [1.82, 2.24) is 0 Å². The van der Waals surface area contributed by atoms with E-state index in [0.29, 0.717) is 6.42 Å². The zero-order valence-corrected chi connectivity index (χ0v) is 10.1. The van der Waals surface area contributed by atoms with E-state index in [2.05, 4.69) is 6.07 Å². The smallest absolute Gasteiger partial charge is 0.163 e. The van der Waals surface area contributed by atoms with Crippen LogP contribution in [0.4, 0.5) is 0 Å². The molecule has 1 aliphatic carbocycles. The normalized spacial score (nSPS) is 16.7. The largest absolute Gasteiger partial charge is 0.294 e. The number of carbonyl (C=O) groups excluding carboxylic acids is 1. The maximum Gasteiger partial charge on any atom is 0.163 e. The van der Waals surface area contributed by atoms with Crippen molar-refractivity contribution in [3.05, 3.63) is 76.9 Å². The Morgan fingerprint density at radius 2 is 1.39 bits per heavy atom. The highest BCUT2D eigenvalue weighted by Crippen LogP contribution is 2.24. The summed E-state index contributed by atoms with van der Waals surface area (Å²) in [4.78, 5) is 12.1. The van der Waals surface area contributed by atoms with Gasteiger partial charge in [0.25, 0.3) is 0 Å². The van der Waals surface area contributed by atoms with Gasteiger partial charge in [-0.3, -0.25) is 4.79 Å². The van der Waals surface area contributed by atoms with Gasteiger partial charge >= 0.3 is 0 Å². The molecule has 1 heteroatoms. The minimum Gasteiger partial charge on any atom is -0.294 e.